The Balaban J connectivity index is 1.72. The van der Waals surface area contributed by atoms with Gasteiger partial charge in [-0.05, 0) is 55.2 Å². The van der Waals surface area contributed by atoms with Crippen molar-refractivity contribution in [3.63, 3.8) is 0 Å². The van der Waals surface area contributed by atoms with E-state index in [1.54, 1.807) is 12.1 Å². The lowest BCUT2D eigenvalue weighted by atomic mass is 9.99. The molecule has 110 valence electrons. The van der Waals surface area contributed by atoms with E-state index in [1.165, 1.54) is 30.7 Å². The van der Waals surface area contributed by atoms with Crippen LogP contribution in [0.25, 0.3) is 0 Å². The zero-order valence-electron chi connectivity index (χ0n) is 12.3. The number of hydrogen-bond acceptors (Lipinski definition) is 2. The molecular formula is C18H20FNO. The lowest BCUT2D eigenvalue weighted by Gasteiger charge is -2.32. The maximum atomic E-state index is 12.9. The summed E-state index contributed by atoms with van der Waals surface area (Å²) in [5, 5.41) is 0. The number of ether oxygens (including phenoxy) is 1. The van der Waals surface area contributed by atoms with E-state index < -0.39 is 0 Å². The second kappa shape index (κ2) is 6.17. The van der Waals surface area contributed by atoms with Gasteiger partial charge in [-0.3, -0.25) is 0 Å². The molecule has 0 N–H and O–H groups in total. The van der Waals surface area contributed by atoms with Crippen molar-refractivity contribution in [2.24, 2.45) is 5.92 Å². The third-order valence-electron chi connectivity index (χ3n) is 4.02. The molecule has 0 bridgehead atoms. The first-order valence-electron chi connectivity index (χ1n) is 7.49. The Hall–Kier alpha value is -2.03. The first kappa shape index (κ1) is 13.9. The van der Waals surface area contributed by atoms with E-state index in [0.29, 0.717) is 5.75 Å². The monoisotopic (exact) mass is 285 g/mol. The lowest BCUT2D eigenvalue weighted by Crippen LogP contribution is -2.32. The zero-order valence-corrected chi connectivity index (χ0v) is 12.3. The molecule has 1 aliphatic rings. The van der Waals surface area contributed by atoms with Gasteiger partial charge < -0.3 is 9.64 Å². The minimum absolute atomic E-state index is 0.251. The second-order valence-corrected chi connectivity index (χ2v) is 5.72. The summed E-state index contributed by atoms with van der Waals surface area (Å²) in [6, 6.07) is 14.2. The molecule has 3 heteroatoms. The summed E-state index contributed by atoms with van der Waals surface area (Å²) >= 11 is 0. The standard InChI is InChI=1S/C18H20FNO/c1-14-9-11-20(12-10-14)16-3-2-4-18(13-16)21-17-7-5-15(19)6-8-17/h2-8,13-14H,9-12H2,1H3. The van der Waals surface area contributed by atoms with Gasteiger partial charge in [0.15, 0.2) is 0 Å². The minimum atomic E-state index is -0.251. The van der Waals surface area contributed by atoms with Crippen LogP contribution in [0.1, 0.15) is 19.8 Å². The molecule has 3 rings (SSSR count). The minimum Gasteiger partial charge on any atom is -0.457 e. The lowest BCUT2D eigenvalue weighted by molar-refractivity contribution is 0.437. The molecule has 0 spiro atoms. The van der Waals surface area contributed by atoms with Crippen LogP contribution in [0.3, 0.4) is 0 Å². The molecule has 21 heavy (non-hydrogen) atoms. The molecule has 2 aromatic carbocycles. The molecule has 2 aromatic rings. The zero-order chi connectivity index (χ0) is 14.7. The topological polar surface area (TPSA) is 12.5 Å². The number of rotatable bonds is 3. The molecule has 0 radical (unpaired) electrons. The summed E-state index contributed by atoms with van der Waals surface area (Å²) in [6.45, 7) is 4.51. The van der Waals surface area contributed by atoms with E-state index in [9.17, 15) is 4.39 Å². The fraction of sp³-hybridized carbons (Fsp3) is 0.333. The summed E-state index contributed by atoms with van der Waals surface area (Å²) in [4.78, 5) is 2.40. The molecule has 0 amide bonds. The highest BCUT2D eigenvalue weighted by molar-refractivity contribution is 5.51. The van der Waals surface area contributed by atoms with E-state index in [0.717, 1.165) is 24.8 Å². The van der Waals surface area contributed by atoms with E-state index in [-0.39, 0.29) is 5.82 Å². The van der Waals surface area contributed by atoms with Crippen LogP contribution in [0, 0.1) is 11.7 Å². The highest BCUT2D eigenvalue weighted by Crippen LogP contribution is 2.28. The first-order chi connectivity index (χ1) is 10.2. The molecular weight excluding hydrogens is 265 g/mol. The Morgan fingerprint density at radius 2 is 1.71 bits per heavy atom. The van der Waals surface area contributed by atoms with Crippen molar-refractivity contribution in [2.45, 2.75) is 19.8 Å². The molecule has 0 atom stereocenters. The first-order valence-corrected chi connectivity index (χ1v) is 7.49. The Bertz CT molecular complexity index is 588. The van der Waals surface area contributed by atoms with Crippen molar-refractivity contribution in [1.82, 2.24) is 0 Å². The molecule has 0 unspecified atom stereocenters. The molecule has 0 saturated carbocycles. The number of hydrogen-bond donors (Lipinski definition) is 0. The van der Waals surface area contributed by atoms with Gasteiger partial charge in [-0.15, -0.1) is 0 Å². The van der Waals surface area contributed by atoms with Gasteiger partial charge in [0.2, 0.25) is 0 Å². The molecule has 0 aromatic heterocycles. The predicted molar refractivity (Wildman–Crippen MR) is 83.5 cm³/mol. The van der Waals surface area contributed by atoms with Crippen molar-refractivity contribution in [3.05, 3.63) is 54.3 Å². The maximum Gasteiger partial charge on any atom is 0.129 e. The summed E-state index contributed by atoms with van der Waals surface area (Å²) < 4.78 is 18.7. The molecule has 1 fully saturated rings. The Morgan fingerprint density at radius 3 is 2.43 bits per heavy atom. The molecule has 1 heterocycles. The van der Waals surface area contributed by atoms with Gasteiger partial charge >= 0.3 is 0 Å². The molecule has 2 nitrogen and oxygen atoms in total. The van der Waals surface area contributed by atoms with Gasteiger partial charge in [0.25, 0.3) is 0 Å². The fourth-order valence-corrected chi connectivity index (χ4v) is 2.65. The van der Waals surface area contributed by atoms with Crippen molar-refractivity contribution in [1.29, 1.82) is 0 Å². The number of halogens is 1. The van der Waals surface area contributed by atoms with Crippen molar-refractivity contribution < 1.29 is 9.13 Å². The van der Waals surface area contributed by atoms with Gasteiger partial charge in [0, 0.05) is 24.8 Å². The summed E-state index contributed by atoms with van der Waals surface area (Å²) in [5.74, 6) is 2.01. The molecule has 1 aliphatic heterocycles. The average Bonchev–Trinajstić information content (AvgIpc) is 2.51. The van der Waals surface area contributed by atoms with Crippen LogP contribution in [-0.4, -0.2) is 13.1 Å². The van der Waals surface area contributed by atoms with E-state index in [2.05, 4.69) is 24.0 Å². The third kappa shape index (κ3) is 3.54. The number of benzene rings is 2. The second-order valence-electron chi connectivity index (χ2n) is 5.72. The third-order valence-corrected chi connectivity index (χ3v) is 4.02. The Morgan fingerprint density at radius 1 is 1.00 bits per heavy atom. The van der Waals surface area contributed by atoms with Crippen molar-refractivity contribution in [3.8, 4) is 11.5 Å². The van der Waals surface area contributed by atoms with Gasteiger partial charge in [-0.25, -0.2) is 4.39 Å². The largest absolute Gasteiger partial charge is 0.457 e. The van der Waals surface area contributed by atoms with Gasteiger partial charge in [-0.1, -0.05) is 13.0 Å². The molecule has 0 aliphatic carbocycles. The fourth-order valence-electron chi connectivity index (χ4n) is 2.65. The van der Waals surface area contributed by atoms with Crippen LogP contribution in [0.15, 0.2) is 48.5 Å². The van der Waals surface area contributed by atoms with E-state index >= 15 is 0 Å². The van der Waals surface area contributed by atoms with Gasteiger partial charge in [-0.2, -0.15) is 0 Å². The Labute approximate surface area is 125 Å². The highest BCUT2D eigenvalue weighted by atomic mass is 19.1. The van der Waals surface area contributed by atoms with Crippen LogP contribution in [-0.2, 0) is 0 Å². The number of piperidine rings is 1. The van der Waals surface area contributed by atoms with Gasteiger partial charge in [0.1, 0.15) is 17.3 Å². The maximum absolute atomic E-state index is 12.9. The normalized spacial score (nSPS) is 16.0. The average molecular weight is 285 g/mol. The predicted octanol–water partition coefficient (Wildman–Crippen LogP) is 4.85. The quantitative estimate of drug-likeness (QED) is 0.799. The van der Waals surface area contributed by atoms with Crippen molar-refractivity contribution in [2.75, 3.05) is 18.0 Å². The van der Waals surface area contributed by atoms with Gasteiger partial charge in [0.05, 0.1) is 0 Å². The summed E-state index contributed by atoms with van der Waals surface area (Å²) in [5.41, 5.74) is 1.20. The van der Waals surface area contributed by atoms with Crippen LogP contribution in [0.2, 0.25) is 0 Å². The van der Waals surface area contributed by atoms with Crippen LogP contribution in [0.5, 0.6) is 11.5 Å². The summed E-state index contributed by atoms with van der Waals surface area (Å²) in [7, 11) is 0. The Kier molecular flexibility index (Phi) is 4.09. The van der Waals surface area contributed by atoms with E-state index in [1.807, 2.05) is 12.1 Å². The highest BCUT2D eigenvalue weighted by Gasteiger charge is 2.16. The number of anilines is 1. The van der Waals surface area contributed by atoms with E-state index in [4.69, 9.17) is 4.74 Å². The molecule has 1 saturated heterocycles. The van der Waals surface area contributed by atoms with Crippen LogP contribution < -0.4 is 9.64 Å². The number of nitrogens with zero attached hydrogens (tertiary/aromatic N) is 1. The smallest absolute Gasteiger partial charge is 0.129 e. The van der Waals surface area contributed by atoms with Crippen LogP contribution in [0.4, 0.5) is 10.1 Å². The van der Waals surface area contributed by atoms with Crippen molar-refractivity contribution >= 4 is 5.69 Å². The SMILES string of the molecule is CC1CCN(c2cccc(Oc3ccc(F)cc3)c2)CC1. The summed E-state index contributed by atoms with van der Waals surface area (Å²) in [6.07, 6.45) is 2.48. The van der Waals surface area contributed by atoms with Crippen LogP contribution >= 0.6 is 0 Å².